The highest BCUT2D eigenvalue weighted by molar-refractivity contribution is 5.89. The molecule has 0 unspecified atom stereocenters. The van der Waals surface area contributed by atoms with Crippen LogP contribution < -0.4 is 0 Å². The topological polar surface area (TPSA) is 50.2 Å². The van der Waals surface area contributed by atoms with E-state index in [-0.39, 0.29) is 0 Å². The highest BCUT2D eigenvalue weighted by Gasteiger charge is 2.49. The molecule has 0 radical (unpaired) electrons. The van der Waals surface area contributed by atoms with E-state index in [1.807, 2.05) is 6.92 Å². The SMILES string of the molecule is Cc1c(C(=O)O)ccnc1C1C2CC3CC(C2)CC1C3. The Labute approximate surface area is 119 Å². The lowest BCUT2D eigenvalue weighted by molar-refractivity contribution is -0.00442. The van der Waals surface area contributed by atoms with Crippen molar-refractivity contribution < 1.29 is 9.90 Å². The number of hydrogen-bond donors (Lipinski definition) is 1. The van der Waals surface area contributed by atoms with E-state index in [9.17, 15) is 9.90 Å². The molecule has 1 aromatic rings. The number of aromatic nitrogens is 1. The largest absolute Gasteiger partial charge is 0.478 e. The van der Waals surface area contributed by atoms with Crippen LogP contribution in [0.5, 0.6) is 0 Å². The Hall–Kier alpha value is -1.38. The van der Waals surface area contributed by atoms with Gasteiger partial charge in [-0.15, -0.1) is 0 Å². The molecule has 4 aliphatic rings. The molecule has 1 N–H and O–H groups in total. The van der Waals surface area contributed by atoms with E-state index in [1.54, 1.807) is 12.3 Å². The van der Waals surface area contributed by atoms with E-state index in [2.05, 4.69) is 4.98 Å². The lowest BCUT2D eigenvalue weighted by Gasteiger charge is -2.54. The Bertz CT molecular complexity index is 538. The van der Waals surface area contributed by atoms with Crippen molar-refractivity contribution in [3.05, 3.63) is 29.1 Å². The first-order valence-electron chi connectivity index (χ1n) is 7.82. The number of aromatic carboxylic acids is 1. The Balaban J connectivity index is 1.75. The molecule has 0 saturated heterocycles. The maximum Gasteiger partial charge on any atom is 0.336 e. The third kappa shape index (κ3) is 1.72. The van der Waals surface area contributed by atoms with E-state index in [1.165, 1.54) is 32.1 Å². The van der Waals surface area contributed by atoms with Gasteiger partial charge in [0.25, 0.3) is 0 Å². The molecule has 3 heteroatoms. The molecule has 5 rings (SSSR count). The minimum Gasteiger partial charge on any atom is -0.478 e. The number of carboxylic acids is 1. The Morgan fingerprint density at radius 3 is 2.30 bits per heavy atom. The summed E-state index contributed by atoms with van der Waals surface area (Å²) in [6.45, 7) is 1.94. The van der Waals surface area contributed by atoms with E-state index in [4.69, 9.17) is 0 Å². The lowest BCUT2D eigenvalue weighted by atomic mass is 9.51. The monoisotopic (exact) mass is 271 g/mol. The van der Waals surface area contributed by atoms with Crippen LogP contribution in [0.3, 0.4) is 0 Å². The van der Waals surface area contributed by atoms with Gasteiger partial charge in [-0.25, -0.2) is 4.79 Å². The molecular weight excluding hydrogens is 250 g/mol. The molecule has 4 saturated carbocycles. The molecule has 20 heavy (non-hydrogen) atoms. The highest BCUT2D eigenvalue weighted by Crippen LogP contribution is 2.59. The number of carboxylic acid groups (broad SMARTS) is 1. The number of pyridine rings is 1. The minimum absolute atomic E-state index is 0.434. The smallest absolute Gasteiger partial charge is 0.336 e. The van der Waals surface area contributed by atoms with Crippen molar-refractivity contribution in [2.24, 2.45) is 23.7 Å². The zero-order valence-corrected chi connectivity index (χ0v) is 11.9. The fraction of sp³-hybridized carbons (Fsp3) is 0.647. The van der Waals surface area contributed by atoms with Crippen molar-refractivity contribution in [3.8, 4) is 0 Å². The van der Waals surface area contributed by atoms with E-state index < -0.39 is 5.97 Å². The summed E-state index contributed by atoms with van der Waals surface area (Å²) in [6.07, 6.45) is 8.51. The average Bonchev–Trinajstić information content (AvgIpc) is 2.39. The normalized spacial score (nSPS) is 38.1. The Morgan fingerprint density at radius 1 is 1.15 bits per heavy atom. The van der Waals surface area contributed by atoms with Crippen molar-refractivity contribution in [3.63, 3.8) is 0 Å². The van der Waals surface area contributed by atoms with Crippen LogP contribution in [0.25, 0.3) is 0 Å². The molecule has 0 amide bonds. The summed E-state index contributed by atoms with van der Waals surface area (Å²) < 4.78 is 0. The Kier molecular flexibility index (Phi) is 2.66. The third-order valence-corrected chi connectivity index (χ3v) is 6.02. The number of rotatable bonds is 2. The van der Waals surface area contributed by atoms with Crippen LogP contribution in [0.15, 0.2) is 12.3 Å². The van der Waals surface area contributed by atoms with Gasteiger partial charge in [-0.05, 0) is 74.3 Å². The second kappa shape index (κ2) is 4.31. The van der Waals surface area contributed by atoms with Gasteiger partial charge in [-0.2, -0.15) is 0 Å². The summed E-state index contributed by atoms with van der Waals surface area (Å²) in [5.74, 6) is 3.08. The van der Waals surface area contributed by atoms with Crippen molar-refractivity contribution >= 4 is 5.97 Å². The molecule has 3 nitrogen and oxygen atoms in total. The van der Waals surface area contributed by atoms with E-state index >= 15 is 0 Å². The fourth-order valence-electron chi connectivity index (χ4n) is 5.49. The molecule has 4 aliphatic carbocycles. The van der Waals surface area contributed by atoms with Crippen LogP contribution in [0.4, 0.5) is 0 Å². The van der Waals surface area contributed by atoms with Crippen molar-refractivity contribution in [2.75, 3.05) is 0 Å². The van der Waals surface area contributed by atoms with Crippen LogP contribution in [-0.4, -0.2) is 16.1 Å². The van der Waals surface area contributed by atoms with Gasteiger partial charge in [-0.3, -0.25) is 4.98 Å². The summed E-state index contributed by atoms with van der Waals surface area (Å²) in [4.78, 5) is 15.9. The maximum absolute atomic E-state index is 11.3. The van der Waals surface area contributed by atoms with Crippen molar-refractivity contribution in [1.29, 1.82) is 0 Å². The van der Waals surface area contributed by atoms with Gasteiger partial charge < -0.3 is 5.11 Å². The van der Waals surface area contributed by atoms with Crippen LogP contribution in [0.1, 0.15) is 59.6 Å². The number of hydrogen-bond acceptors (Lipinski definition) is 2. The summed E-state index contributed by atoms with van der Waals surface area (Å²) in [6, 6.07) is 1.64. The zero-order valence-electron chi connectivity index (χ0n) is 11.9. The van der Waals surface area contributed by atoms with Crippen molar-refractivity contribution in [2.45, 2.75) is 44.9 Å². The minimum atomic E-state index is -0.824. The maximum atomic E-state index is 11.3. The van der Waals surface area contributed by atoms with E-state index in [0.717, 1.165) is 34.9 Å². The van der Waals surface area contributed by atoms with E-state index in [0.29, 0.717) is 11.5 Å². The van der Waals surface area contributed by atoms with Crippen molar-refractivity contribution in [1.82, 2.24) is 4.98 Å². The molecule has 0 spiro atoms. The lowest BCUT2D eigenvalue weighted by Crippen LogP contribution is -2.44. The summed E-state index contributed by atoms with van der Waals surface area (Å²) in [5, 5.41) is 9.31. The van der Waals surface area contributed by atoms with Gasteiger partial charge in [0, 0.05) is 17.8 Å². The summed E-state index contributed by atoms with van der Waals surface area (Å²) in [7, 11) is 0. The standard InChI is InChI=1S/C17H21NO2/c1-9-14(17(19)20)2-3-18-16(9)15-12-5-10-4-11(7-12)8-13(15)6-10/h2-3,10-13,15H,4-8H2,1H3,(H,19,20). The quantitative estimate of drug-likeness (QED) is 0.893. The molecule has 0 aromatic carbocycles. The number of carbonyl (C=O) groups is 1. The first kappa shape index (κ1) is 12.4. The predicted octanol–water partition coefficient (Wildman–Crippen LogP) is 3.63. The van der Waals surface area contributed by atoms with Crippen LogP contribution in [-0.2, 0) is 0 Å². The van der Waals surface area contributed by atoms with Crippen LogP contribution in [0, 0.1) is 30.6 Å². The molecule has 0 aliphatic heterocycles. The zero-order chi connectivity index (χ0) is 13.9. The van der Waals surface area contributed by atoms with Crippen LogP contribution >= 0.6 is 0 Å². The summed E-state index contributed by atoms with van der Waals surface area (Å²) >= 11 is 0. The molecule has 4 fully saturated rings. The first-order valence-corrected chi connectivity index (χ1v) is 7.82. The van der Waals surface area contributed by atoms with Gasteiger partial charge in [0.05, 0.1) is 5.56 Å². The fourth-order valence-corrected chi connectivity index (χ4v) is 5.49. The van der Waals surface area contributed by atoms with Gasteiger partial charge in [0.1, 0.15) is 0 Å². The summed E-state index contributed by atoms with van der Waals surface area (Å²) in [5.41, 5.74) is 2.42. The number of nitrogens with zero attached hydrogens (tertiary/aromatic N) is 1. The van der Waals surface area contributed by atoms with Gasteiger partial charge in [0.15, 0.2) is 0 Å². The molecule has 4 bridgehead atoms. The second-order valence-electron chi connectivity index (χ2n) is 7.13. The second-order valence-corrected chi connectivity index (χ2v) is 7.13. The van der Waals surface area contributed by atoms with Gasteiger partial charge in [-0.1, -0.05) is 0 Å². The first-order chi connectivity index (χ1) is 9.63. The molecular formula is C17H21NO2. The molecule has 106 valence electrons. The highest BCUT2D eigenvalue weighted by atomic mass is 16.4. The van der Waals surface area contributed by atoms with Crippen LogP contribution in [0.2, 0.25) is 0 Å². The molecule has 1 heterocycles. The van der Waals surface area contributed by atoms with Gasteiger partial charge in [0.2, 0.25) is 0 Å². The average molecular weight is 271 g/mol. The third-order valence-electron chi connectivity index (χ3n) is 6.02. The predicted molar refractivity (Wildman–Crippen MR) is 75.7 cm³/mol. The molecule has 1 aromatic heterocycles. The van der Waals surface area contributed by atoms with Gasteiger partial charge >= 0.3 is 5.97 Å². The molecule has 0 atom stereocenters. The Morgan fingerprint density at radius 2 is 1.75 bits per heavy atom.